The molecule has 1 aromatic carbocycles. The molecule has 2 rings (SSSR count). The van der Waals surface area contributed by atoms with Gasteiger partial charge in [0.05, 0.1) is 11.3 Å². The van der Waals surface area contributed by atoms with Crippen molar-refractivity contribution in [3.05, 3.63) is 52.0 Å². The zero-order valence-corrected chi connectivity index (χ0v) is 12.8. The lowest BCUT2D eigenvalue weighted by Crippen LogP contribution is -2.27. The first-order valence-electron chi connectivity index (χ1n) is 7.04. The van der Waals surface area contributed by atoms with Crippen molar-refractivity contribution in [3.63, 3.8) is 0 Å². The first-order valence-corrected chi connectivity index (χ1v) is 7.98. The summed E-state index contributed by atoms with van der Waals surface area (Å²) in [6, 6.07) is 6.59. The molecule has 112 valence electrons. The van der Waals surface area contributed by atoms with Crippen LogP contribution in [-0.2, 0) is 6.42 Å². The highest BCUT2D eigenvalue weighted by atomic mass is 32.1. The summed E-state index contributed by atoms with van der Waals surface area (Å²) < 4.78 is 13.8. The summed E-state index contributed by atoms with van der Waals surface area (Å²) in [6.45, 7) is 3.17. The van der Waals surface area contributed by atoms with Crippen LogP contribution in [0.25, 0.3) is 0 Å². The number of benzene rings is 1. The Kier molecular flexibility index (Phi) is 5.75. The van der Waals surface area contributed by atoms with Gasteiger partial charge in [-0.15, -0.1) is 0 Å². The quantitative estimate of drug-likeness (QED) is 0.819. The van der Waals surface area contributed by atoms with E-state index in [2.05, 4.69) is 16.0 Å². The molecule has 0 aliphatic carbocycles. The topological polar surface area (TPSA) is 41.1 Å². The smallest absolute Gasteiger partial charge is 0.253 e. The van der Waals surface area contributed by atoms with Crippen molar-refractivity contribution in [1.82, 2.24) is 5.32 Å². The number of hydrogen-bond donors (Lipinski definition) is 2. The summed E-state index contributed by atoms with van der Waals surface area (Å²) in [7, 11) is 0. The van der Waals surface area contributed by atoms with Gasteiger partial charge in [-0.25, -0.2) is 4.39 Å². The molecule has 0 unspecified atom stereocenters. The van der Waals surface area contributed by atoms with Crippen LogP contribution in [0.4, 0.5) is 10.1 Å². The molecule has 2 N–H and O–H groups in total. The maximum Gasteiger partial charge on any atom is 0.253 e. The van der Waals surface area contributed by atoms with Crippen molar-refractivity contribution in [2.24, 2.45) is 0 Å². The predicted molar refractivity (Wildman–Crippen MR) is 85.5 cm³/mol. The van der Waals surface area contributed by atoms with Crippen LogP contribution in [0.2, 0.25) is 0 Å². The molecule has 0 aliphatic heterocycles. The van der Waals surface area contributed by atoms with Crippen LogP contribution in [0, 0.1) is 5.82 Å². The number of anilines is 1. The van der Waals surface area contributed by atoms with E-state index in [1.807, 2.05) is 18.4 Å². The number of amides is 1. The molecule has 0 saturated carbocycles. The Hall–Kier alpha value is -1.88. The van der Waals surface area contributed by atoms with Crippen LogP contribution in [0.3, 0.4) is 0 Å². The highest BCUT2D eigenvalue weighted by molar-refractivity contribution is 7.07. The van der Waals surface area contributed by atoms with Gasteiger partial charge in [0, 0.05) is 13.1 Å². The molecule has 1 amide bonds. The lowest BCUT2D eigenvalue weighted by molar-refractivity contribution is 0.0954. The molecule has 0 radical (unpaired) electrons. The lowest BCUT2D eigenvalue weighted by atomic mass is 10.1. The molecule has 0 aliphatic rings. The van der Waals surface area contributed by atoms with Crippen molar-refractivity contribution in [3.8, 4) is 0 Å². The molecule has 0 spiro atoms. The van der Waals surface area contributed by atoms with E-state index in [9.17, 15) is 9.18 Å². The van der Waals surface area contributed by atoms with Crippen LogP contribution in [-0.4, -0.2) is 19.0 Å². The summed E-state index contributed by atoms with van der Waals surface area (Å²) in [5.41, 5.74) is 1.84. The van der Waals surface area contributed by atoms with Crippen molar-refractivity contribution >= 4 is 22.9 Å². The monoisotopic (exact) mass is 306 g/mol. The summed E-state index contributed by atoms with van der Waals surface area (Å²) >= 11 is 1.64. The van der Waals surface area contributed by atoms with Gasteiger partial charge < -0.3 is 10.6 Å². The minimum Gasteiger partial charge on any atom is -0.382 e. The van der Waals surface area contributed by atoms with E-state index < -0.39 is 5.82 Å². The van der Waals surface area contributed by atoms with E-state index in [1.54, 1.807) is 23.5 Å². The fraction of sp³-hybridized carbons (Fsp3) is 0.312. The number of rotatable bonds is 7. The van der Waals surface area contributed by atoms with Gasteiger partial charge in [0.1, 0.15) is 5.82 Å². The second-order valence-corrected chi connectivity index (χ2v) is 5.51. The standard InChI is InChI=1S/C16H19FN2OS/c1-2-8-18-15-13(4-3-5-14(15)17)16(20)19-9-6-12-7-10-21-11-12/h3-5,7,10-11,18H,2,6,8-9H2,1H3,(H,19,20). The summed E-state index contributed by atoms with van der Waals surface area (Å²) in [6.07, 6.45) is 1.65. The number of halogens is 1. The number of para-hydroxylation sites is 1. The fourth-order valence-electron chi connectivity index (χ4n) is 1.99. The van der Waals surface area contributed by atoms with Gasteiger partial charge in [-0.05, 0) is 47.4 Å². The molecule has 0 bridgehead atoms. The maximum absolute atomic E-state index is 13.8. The van der Waals surface area contributed by atoms with E-state index >= 15 is 0 Å². The highest BCUT2D eigenvalue weighted by Gasteiger charge is 2.14. The summed E-state index contributed by atoms with van der Waals surface area (Å²) in [5, 5.41) is 9.89. The van der Waals surface area contributed by atoms with Gasteiger partial charge in [0.15, 0.2) is 0 Å². The average Bonchev–Trinajstić information content (AvgIpc) is 2.99. The van der Waals surface area contributed by atoms with Crippen LogP contribution in [0.5, 0.6) is 0 Å². The van der Waals surface area contributed by atoms with E-state index in [1.165, 1.54) is 11.6 Å². The number of thiophene rings is 1. The first-order chi connectivity index (χ1) is 10.2. The second-order valence-electron chi connectivity index (χ2n) is 4.73. The van der Waals surface area contributed by atoms with Crippen LogP contribution in [0.15, 0.2) is 35.0 Å². The number of carbonyl (C=O) groups is 1. The van der Waals surface area contributed by atoms with Gasteiger partial charge in [-0.1, -0.05) is 13.0 Å². The van der Waals surface area contributed by atoms with Gasteiger partial charge in [-0.2, -0.15) is 11.3 Å². The molecule has 2 aromatic rings. The van der Waals surface area contributed by atoms with Crippen molar-refractivity contribution in [2.45, 2.75) is 19.8 Å². The maximum atomic E-state index is 13.8. The van der Waals surface area contributed by atoms with Crippen molar-refractivity contribution in [2.75, 3.05) is 18.4 Å². The van der Waals surface area contributed by atoms with Crippen molar-refractivity contribution < 1.29 is 9.18 Å². The van der Waals surface area contributed by atoms with E-state index in [0.29, 0.717) is 18.7 Å². The molecule has 1 aromatic heterocycles. The van der Waals surface area contributed by atoms with Crippen LogP contribution >= 0.6 is 11.3 Å². The summed E-state index contributed by atoms with van der Waals surface area (Å²) in [4.78, 5) is 12.2. The second kappa shape index (κ2) is 7.78. The normalized spacial score (nSPS) is 10.4. The van der Waals surface area contributed by atoms with E-state index in [-0.39, 0.29) is 11.6 Å². The van der Waals surface area contributed by atoms with Gasteiger partial charge in [-0.3, -0.25) is 4.79 Å². The van der Waals surface area contributed by atoms with E-state index in [0.717, 1.165) is 12.8 Å². The zero-order valence-electron chi connectivity index (χ0n) is 12.0. The third-order valence-electron chi connectivity index (χ3n) is 3.09. The highest BCUT2D eigenvalue weighted by Crippen LogP contribution is 2.19. The van der Waals surface area contributed by atoms with Gasteiger partial charge >= 0.3 is 0 Å². The largest absolute Gasteiger partial charge is 0.382 e. The molecular formula is C16H19FN2OS. The Morgan fingerprint density at radius 1 is 1.29 bits per heavy atom. The minimum atomic E-state index is -0.395. The number of hydrogen-bond acceptors (Lipinski definition) is 3. The molecular weight excluding hydrogens is 287 g/mol. The van der Waals surface area contributed by atoms with Crippen molar-refractivity contribution in [1.29, 1.82) is 0 Å². The predicted octanol–water partition coefficient (Wildman–Crippen LogP) is 3.68. The Morgan fingerprint density at radius 2 is 2.14 bits per heavy atom. The Labute approximate surface area is 128 Å². The minimum absolute atomic E-state index is 0.247. The zero-order chi connectivity index (χ0) is 15.1. The number of carbonyl (C=O) groups excluding carboxylic acids is 1. The first kappa shape index (κ1) is 15.5. The molecule has 1 heterocycles. The lowest BCUT2D eigenvalue weighted by Gasteiger charge is -2.12. The number of nitrogens with one attached hydrogen (secondary N) is 2. The third-order valence-corrected chi connectivity index (χ3v) is 3.82. The molecule has 0 atom stereocenters. The van der Waals surface area contributed by atoms with Crippen LogP contribution < -0.4 is 10.6 Å². The fourth-order valence-corrected chi connectivity index (χ4v) is 2.70. The Balaban J connectivity index is 1.99. The molecule has 3 nitrogen and oxygen atoms in total. The molecule has 5 heteroatoms. The van der Waals surface area contributed by atoms with Gasteiger partial charge in [0.25, 0.3) is 5.91 Å². The molecule has 0 saturated heterocycles. The van der Waals surface area contributed by atoms with Crippen LogP contribution in [0.1, 0.15) is 29.3 Å². The molecule has 0 fully saturated rings. The Morgan fingerprint density at radius 3 is 2.86 bits per heavy atom. The SMILES string of the molecule is CCCNc1c(F)cccc1C(=O)NCCc1ccsc1. The van der Waals surface area contributed by atoms with Gasteiger partial charge in [0.2, 0.25) is 0 Å². The average molecular weight is 306 g/mol. The summed E-state index contributed by atoms with van der Waals surface area (Å²) in [5.74, 6) is -0.641. The third kappa shape index (κ3) is 4.29. The molecule has 21 heavy (non-hydrogen) atoms. The van der Waals surface area contributed by atoms with E-state index in [4.69, 9.17) is 0 Å². The Bertz CT molecular complexity index is 584.